The molecule has 0 unspecified atom stereocenters. The van der Waals surface area contributed by atoms with Gasteiger partial charge in [-0.05, 0) is 26.7 Å². The molecule has 0 radical (unpaired) electrons. The van der Waals surface area contributed by atoms with E-state index in [1.54, 1.807) is 0 Å². The summed E-state index contributed by atoms with van der Waals surface area (Å²) in [5.74, 6) is -0.125. The number of rotatable bonds is 3. The van der Waals surface area contributed by atoms with Crippen LogP contribution in [0.2, 0.25) is 0 Å². The van der Waals surface area contributed by atoms with E-state index < -0.39 is 11.9 Å². The van der Waals surface area contributed by atoms with E-state index in [0.717, 1.165) is 11.5 Å². The molecule has 1 saturated heterocycles. The van der Waals surface area contributed by atoms with E-state index in [9.17, 15) is 9.59 Å². The van der Waals surface area contributed by atoms with Crippen LogP contribution in [0.4, 0.5) is 4.79 Å². The highest BCUT2D eigenvalue weighted by atomic mass is 16.4. The summed E-state index contributed by atoms with van der Waals surface area (Å²) < 4.78 is 5.37. The van der Waals surface area contributed by atoms with Gasteiger partial charge >= 0.3 is 12.0 Å². The first-order valence-electron chi connectivity index (χ1n) is 6.66. The number of aromatic nitrogens is 1. The van der Waals surface area contributed by atoms with Gasteiger partial charge in [-0.15, -0.1) is 0 Å². The van der Waals surface area contributed by atoms with Gasteiger partial charge in [0.15, 0.2) is 0 Å². The van der Waals surface area contributed by atoms with Gasteiger partial charge in [-0.3, -0.25) is 4.79 Å². The van der Waals surface area contributed by atoms with Gasteiger partial charge in [-0.25, -0.2) is 9.78 Å². The summed E-state index contributed by atoms with van der Waals surface area (Å²) in [5, 5.41) is 11.7. The first kappa shape index (κ1) is 14.4. The molecule has 7 nitrogen and oxygen atoms in total. The fourth-order valence-corrected chi connectivity index (χ4v) is 2.24. The second-order valence-corrected chi connectivity index (χ2v) is 5.03. The van der Waals surface area contributed by atoms with Crippen LogP contribution in [0.1, 0.15) is 30.2 Å². The summed E-state index contributed by atoms with van der Waals surface area (Å²) in [6, 6.07) is -0.274. The van der Waals surface area contributed by atoms with Crippen molar-refractivity contribution in [1.29, 1.82) is 0 Å². The average molecular weight is 281 g/mol. The Morgan fingerprint density at radius 2 is 2.25 bits per heavy atom. The standard InChI is InChI=1S/C13H19N3O4/c1-8-9(2)20-11(15-8)6-14-13(19)16-5-3-4-10(7-16)12(17)18/h10H,3-7H2,1-2H3,(H,14,19)(H,17,18)/t10-/m0/s1. The number of carbonyl (C=O) groups excluding carboxylic acids is 1. The molecule has 1 aromatic heterocycles. The molecule has 1 aliphatic rings. The number of amides is 2. The zero-order valence-corrected chi connectivity index (χ0v) is 11.7. The van der Waals surface area contributed by atoms with Crippen molar-refractivity contribution in [2.45, 2.75) is 33.2 Å². The normalized spacial score (nSPS) is 18.9. The molecule has 1 fully saturated rings. The maximum atomic E-state index is 12.0. The molecule has 1 atom stereocenters. The molecule has 0 saturated carbocycles. The van der Waals surface area contributed by atoms with E-state index in [-0.39, 0.29) is 19.1 Å². The van der Waals surface area contributed by atoms with Crippen LogP contribution in [0.3, 0.4) is 0 Å². The predicted molar refractivity (Wildman–Crippen MR) is 70.1 cm³/mol. The smallest absolute Gasteiger partial charge is 0.317 e. The first-order valence-corrected chi connectivity index (χ1v) is 6.66. The summed E-state index contributed by atoms with van der Waals surface area (Å²) >= 11 is 0. The number of aliphatic carboxylic acids is 1. The van der Waals surface area contributed by atoms with Crippen molar-refractivity contribution >= 4 is 12.0 Å². The van der Waals surface area contributed by atoms with Crippen LogP contribution in [0.5, 0.6) is 0 Å². The van der Waals surface area contributed by atoms with Crippen LogP contribution in [-0.2, 0) is 11.3 Å². The molecule has 2 rings (SSSR count). The van der Waals surface area contributed by atoms with Crippen molar-refractivity contribution in [1.82, 2.24) is 15.2 Å². The Balaban J connectivity index is 1.86. The van der Waals surface area contributed by atoms with Gasteiger partial charge in [-0.2, -0.15) is 0 Å². The number of oxazole rings is 1. The fourth-order valence-electron chi connectivity index (χ4n) is 2.24. The second kappa shape index (κ2) is 5.94. The average Bonchev–Trinajstić information content (AvgIpc) is 2.75. The zero-order chi connectivity index (χ0) is 14.7. The molecular formula is C13H19N3O4. The van der Waals surface area contributed by atoms with E-state index in [2.05, 4.69) is 10.3 Å². The minimum atomic E-state index is -0.846. The number of urea groups is 1. The van der Waals surface area contributed by atoms with Gasteiger partial charge < -0.3 is 19.7 Å². The molecule has 7 heteroatoms. The third-order valence-electron chi connectivity index (χ3n) is 3.52. The highest BCUT2D eigenvalue weighted by Crippen LogP contribution is 2.16. The largest absolute Gasteiger partial charge is 0.481 e. The lowest BCUT2D eigenvalue weighted by molar-refractivity contribution is -0.143. The number of hydrogen-bond donors (Lipinski definition) is 2. The molecule has 1 aliphatic heterocycles. The Labute approximate surface area is 117 Å². The van der Waals surface area contributed by atoms with Crippen molar-refractivity contribution in [2.24, 2.45) is 5.92 Å². The van der Waals surface area contributed by atoms with E-state index in [1.807, 2.05) is 13.8 Å². The highest BCUT2D eigenvalue weighted by Gasteiger charge is 2.28. The molecule has 2 amide bonds. The first-order chi connectivity index (χ1) is 9.47. The zero-order valence-electron chi connectivity index (χ0n) is 11.7. The third-order valence-corrected chi connectivity index (χ3v) is 3.52. The molecule has 110 valence electrons. The summed E-state index contributed by atoms with van der Waals surface area (Å²) in [4.78, 5) is 28.7. The van der Waals surface area contributed by atoms with Gasteiger partial charge in [0.05, 0.1) is 18.2 Å². The Bertz CT molecular complexity index is 492. The van der Waals surface area contributed by atoms with Crippen LogP contribution in [0, 0.1) is 19.8 Å². The number of nitrogens with zero attached hydrogens (tertiary/aromatic N) is 2. The van der Waals surface area contributed by atoms with Crippen LogP contribution < -0.4 is 5.32 Å². The second-order valence-electron chi connectivity index (χ2n) is 5.03. The summed E-state index contributed by atoms with van der Waals surface area (Å²) in [7, 11) is 0. The predicted octanol–water partition coefficient (Wildman–Crippen LogP) is 1.30. The Hall–Kier alpha value is -2.05. The van der Waals surface area contributed by atoms with Gasteiger partial charge in [0.2, 0.25) is 5.89 Å². The fraction of sp³-hybridized carbons (Fsp3) is 0.615. The SMILES string of the molecule is Cc1nc(CNC(=O)N2CCC[C@H](C(=O)O)C2)oc1C. The number of carbonyl (C=O) groups is 2. The molecule has 20 heavy (non-hydrogen) atoms. The number of hydrogen-bond acceptors (Lipinski definition) is 4. The summed E-state index contributed by atoms with van der Waals surface area (Å²) in [5.41, 5.74) is 0.804. The molecule has 1 aromatic rings. The van der Waals surface area contributed by atoms with Crippen LogP contribution in [0.15, 0.2) is 4.42 Å². The Morgan fingerprint density at radius 1 is 1.50 bits per heavy atom. The van der Waals surface area contributed by atoms with Crippen molar-refractivity contribution in [3.8, 4) is 0 Å². The minimum absolute atomic E-state index is 0.210. The van der Waals surface area contributed by atoms with Crippen LogP contribution in [0.25, 0.3) is 0 Å². The minimum Gasteiger partial charge on any atom is -0.481 e. The molecule has 0 aromatic carbocycles. The molecule has 0 spiro atoms. The van der Waals surface area contributed by atoms with Gasteiger partial charge in [0.25, 0.3) is 0 Å². The number of likely N-dealkylation sites (tertiary alicyclic amines) is 1. The Morgan fingerprint density at radius 3 is 2.85 bits per heavy atom. The highest BCUT2D eigenvalue weighted by molar-refractivity contribution is 5.76. The molecule has 0 bridgehead atoms. The number of carboxylic acid groups (broad SMARTS) is 1. The Kier molecular flexibility index (Phi) is 4.26. The van der Waals surface area contributed by atoms with E-state index >= 15 is 0 Å². The number of piperidine rings is 1. The van der Waals surface area contributed by atoms with Crippen LogP contribution in [-0.4, -0.2) is 40.1 Å². The van der Waals surface area contributed by atoms with Gasteiger partial charge in [0, 0.05) is 13.1 Å². The maximum absolute atomic E-state index is 12.0. The van der Waals surface area contributed by atoms with Crippen LogP contribution >= 0.6 is 0 Å². The quantitative estimate of drug-likeness (QED) is 0.870. The van der Waals surface area contributed by atoms with E-state index in [1.165, 1.54) is 4.90 Å². The topological polar surface area (TPSA) is 95.7 Å². The summed E-state index contributed by atoms with van der Waals surface area (Å²) in [6.45, 7) is 4.70. The van der Waals surface area contributed by atoms with E-state index in [4.69, 9.17) is 9.52 Å². The van der Waals surface area contributed by atoms with E-state index in [0.29, 0.717) is 25.3 Å². The van der Waals surface area contributed by atoms with Gasteiger partial charge in [-0.1, -0.05) is 0 Å². The monoisotopic (exact) mass is 281 g/mol. The molecule has 2 heterocycles. The van der Waals surface area contributed by atoms with Crippen molar-refractivity contribution in [2.75, 3.05) is 13.1 Å². The number of carboxylic acids is 1. The van der Waals surface area contributed by atoms with Crippen molar-refractivity contribution in [3.63, 3.8) is 0 Å². The number of aryl methyl sites for hydroxylation is 2. The van der Waals surface area contributed by atoms with Gasteiger partial charge in [0.1, 0.15) is 5.76 Å². The maximum Gasteiger partial charge on any atom is 0.317 e. The summed E-state index contributed by atoms with van der Waals surface area (Å²) in [6.07, 6.45) is 1.33. The third kappa shape index (κ3) is 3.28. The van der Waals surface area contributed by atoms with Crippen molar-refractivity contribution in [3.05, 3.63) is 17.3 Å². The number of nitrogens with one attached hydrogen (secondary N) is 1. The van der Waals surface area contributed by atoms with Crippen molar-refractivity contribution < 1.29 is 19.1 Å². The molecular weight excluding hydrogens is 262 g/mol. The lowest BCUT2D eigenvalue weighted by atomic mass is 9.99. The lowest BCUT2D eigenvalue weighted by Gasteiger charge is -2.30. The molecule has 2 N–H and O–H groups in total. The molecule has 0 aliphatic carbocycles. The lowest BCUT2D eigenvalue weighted by Crippen LogP contribution is -2.46.